The van der Waals surface area contributed by atoms with Crippen LogP contribution in [0.4, 0.5) is 10.5 Å². The van der Waals surface area contributed by atoms with Gasteiger partial charge >= 0.3 is 6.09 Å². The quantitative estimate of drug-likeness (QED) is 0.222. The number of alkyl carbamates (subject to hydrolysis) is 1. The molecule has 0 fully saturated rings. The molecule has 4 rings (SSSR count). The number of carbonyl (C=O) groups is 2. The van der Waals surface area contributed by atoms with Gasteiger partial charge in [-0.3, -0.25) is 9.79 Å². The van der Waals surface area contributed by atoms with Gasteiger partial charge in [0.1, 0.15) is 12.6 Å². The van der Waals surface area contributed by atoms with E-state index >= 15 is 0 Å². The van der Waals surface area contributed by atoms with Crippen molar-refractivity contribution in [2.75, 3.05) is 32.6 Å². The van der Waals surface area contributed by atoms with E-state index in [2.05, 4.69) is 39.9 Å². The third-order valence-electron chi connectivity index (χ3n) is 6.65. The standard InChI is InChI=1S/C30H35N5O3/c1-20-14-16-21(17-15-20)33-28(36)27(13-8-18-32-29(31)35(2)3)34-30(37)38-19-26-24-11-6-4-9-22(24)23-10-5-7-12-25(23)26/h4-7,9-12,14-17,26-27H,8,13,18-19H2,1-3H3,(H2,31,32)(H,33,36)(H,34,37)/t27-/m0/s1. The average Bonchev–Trinajstić information content (AvgIpc) is 3.24. The van der Waals surface area contributed by atoms with Crippen molar-refractivity contribution < 1.29 is 14.3 Å². The van der Waals surface area contributed by atoms with Crippen LogP contribution in [-0.2, 0) is 9.53 Å². The Morgan fingerprint density at radius 3 is 2.18 bits per heavy atom. The van der Waals surface area contributed by atoms with E-state index in [1.807, 2.05) is 69.6 Å². The van der Waals surface area contributed by atoms with E-state index in [0.29, 0.717) is 31.0 Å². The van der Waals surface area contributed by atoms with Crippen LogP contribution >= 0.6 is 0 Å². The summed E-state index contributed by atoms with van der Waals surface area (Å²) < 4.78 is 5.68. The van der Waals surface area contributed by atoms with E-state index in [0.717, 1.165) is 27.8 Å². The van der Waals surface area contributed by atoms with E-state index in [4.69, 9.17) is 10.5 Å². The molecule has 8 nitrogen and oxygen atoms in total. The number of ether oxygens (including phenoxy) is 1. The number of hydrogen-bond donors (Lipinski definition) is 3. The molecule has 0 aromatic heterocycles. The van der Waals surface area contributed by atoms with Crippen LogP contribution < -0.4 is 16.4 Å². The molecule has 1 aliphatic carbocycles. The van der Waals surface area contributed by atoms with Gasteiger partial charge in [0.25, 0.3) is 0 Å². The lowest BCUT2D eigenvalue weighted by molar-refractivity contribution is -0.118. The van der Waals surface area contributed by atoms with Crippen LogP contribution in [0.25, 0.3) is 11.1 Å². The first-order chi connectivity index (χ1) is 18.3. The smallest absolute Gasteiger partial charge is 0.407 e. The summed E-state index contributed by atoms with van der Waals surface area (Å²) in [7, 11) is 3.63. The number of aryl methyl sites for hydroxylation is 1. The minimum absolute atomic E-state index is 0.0590. The Balaban J connectivity index is 1.41. The van der Waals surface area contributed by atoms with Gasteiger partial charge in [0.2, 0.25) is 5.91 Å². The molecule has 0 saturated heterocycles. The van der Waals surface area contributed by atoms with Gasteiger partial charge in [-0.25, -0.2) is 4.79 Å². The second-order valence-electron chi connectivity index (χ2n) is 9.65. The summed E-state index contributed by atoms with van der Waals surface area (Å²) in [6, 6.07) is 23.0. The SMILES string of the molecule is Cc1ccc(NC(=O)[C@H](CCCN=C(N)N(C)C)NC(=O)OCC2c3ccccc3-c3ccccc32)cc1. The van der Waals surface area contributed by atoms with Crippen LogP contribution in [-0.4, -0.2) is 56.1 Å². The van der Waals surface area contributed by atoms with Crippen molar-refractivity contribution >= 4 is 23.6 Å². The summed E-state index contributed by atoms with van der Waals surface area (Å²) in [5, 5.41) is 5.66. The highest BCUT2D eigenvalue weighted by atomic mass is 16.5. The molecule has 38 heavy (non-hydrogen) atoms. The summed E-state index contributed by atoms with van der Waals surface area (Å²) in [6.07, 6.45) is 0.309. The summed E-state index contributed by atoms with van der Waals surface area (Å²) in [6.45, 7) is 2.59. The summed E-state index contributed by atoms with van der Waals surface area (Å²) in [5.41, 5.74) is 12.2. The van der Waals surface area contributed by atoms with Gasteiger partial charge < -0.3 is 26.0 Å². The Kier molecular flexibility index (Phi) is 8.63. The molecule has 0 unspecified atom stereocenters. The predicted molar refractivity (Wildman–Crippen MR) is 151 cm³/mol. The van der Waals surface area contributed by atoms with Crippen molar-refractivity contribution in [2.45, 2.75) is 31.7 Å². The number of nitrogens with zero attached hydrogens (tertiary/aromatic N) is 2. The predicted octanol–water partition coefficient (Wildman–Crippen LogP) is 4.50. The maximum absolute atomic E-state index is 13.1. The van der Waals surface area contributed by atoms with Crippen molar-refractivity contribution in [1.82, 2.24) is 10.2 Å². The highest BCUT2D eigenvalue weighted by molar-refractivity contribution is 5.96. The van der Waals surface area contributed by atoms with Crippen molar-refractivity contribution in [3.05, 3.63) is 89.5 Å². The molecule has 0 spiro atoms. The van der Waals surface area contributed by atoms with Gasteiger partial charge in [0.05, 0.1) is 0 Å². The van der Waals surface area contributed by atoms with Crippen molar-refractivity contribution in [3.63, 3.8) is 0 Å². The number of benzene rings is 3. The second kappa shape index (κ2) is 12.3. The van der Waals surface area contributed by atoms with Gasteiger partial charge in [-0.15, -0.1) is 0 Å². The van der Waals surface area contributed by atoms with E-state index in [-0.39, 0.29) is 18.4 Å². The maximum atomic E-state index is 13.1. The van der Waals surface area contributed by atoms with E-state index < -0.39 is 12.1 Å². The zero-order chi connectivity index (χ0) is 27.1. The summed E-state index contributed by atoms with van der Waals surface area (Å²) in [5.74, 6) is 0.0402. The molecule has 198 valence electrons. The molecule has 0 saturated carbocycles. The molecule has 1 aliphatic rings. The van der Waals surface area contributed by atoms with Gasteiger partial charge in [-0.2, -0.15) is 0 Å². The molecular formula is C30H35N5O3. The molecule has 4 N–H and O–H groups in total. The molecule has 0 bridgehead atoms. The Labute approximate surface area is 223 Å². The minimum Gasteiger partial charge on any atom is -0.449 e. The molecule has 3 aromatic rings. The number of carbonyl (C=O) groups excluding carboxylic acids is 2. The highest BCUT2D eigenvalue weighted by Gasteiger charge is 2.29. The average molecular weight is 514 g/mol. The first kappa shape index (κ1) is 26.7. The topological polar surface area (TPSA) is 109 Å². The van der Waals surface area contributed by atoms with Crippen molar-refractivity contribution in [1.29, 1.82) is 0 Å². The zero-order valence-corrected chi connectivity index (χ0v) is 22.1. The van der Waals surface area contributed by atoms with Crippen LogP contribution in [0.3, 0.4) is 0 Å². The van der Waals surface area contributed by atoms with Crippen LogP contribution in [0.5, 0.6) is 0 Å². The third kappa shape index (κ3) is 6.51. The van der Waals surface area contributed by atoms with Crippen LogP contribution in [0.2, 0.25) is 0 Å². The Morgan fingerprint density at radius 1 is 0.974 bits per heavy atom. The Hall–Kier alpha value is -4.33. The van der Waals surface area contributed by atoms with Crippen molar-refractivity contribution in [2.24, 2.45) is 10.7 Å². The lowest BCUT2D eigenvalue weighted by atomic mass is 9.98. The number of hydrogen-bond acceptors (Lipinski definition) is 4. The van der Waals surface area contributed by atoms with Crippen LogP contribution in [0.1, 0.15) is 35.4 Å². The molecule has 1 atom stereocenters. The van der Waals surface area contributed by atoms with Gasteiger partial charge in [0.15, 0.2) is 5.96 Å². The lowest BCUT2D eigenvalue weighted by Crippen LogP contribution is -2.44. The first-order valence-electron chi connectivity index (χ1n) is 12.8. The van der Waals surface area contributed by atoms with E-state index in [9.17, 15) is 9.59 Å². The number of amides is 2. The van der Waals surface area contributed by atoms with Crippen molar-refractivity contribution in [3.8, 4) is 11.1 Å². The number of guanidine groups is 1. The number of nitrogens with one attached hydrogen (secondary N) is 2. The number of nitrogens with two attached hydrogens (primary N) is 1. The fourth-order valence-electron chi connectivity index (χ4n) is 4.55. The van der Waals surface area contributed by atoms with Gasteiger partial charge in [-0.05, 0) is 54.2 Å². The normalized spacial score (nSPS) is 13.3. The molecule has 0 radical (unpaired) electrons. The Bertz CT molecular complexity index is 1260. The number of fused-ring (bicyclic) bond motifs is 3. The largest absolute Gasteiger partial charge is 0.449 e. The molecule has 0 aliphatic heterocycles. The molecule has 8 heteroatoms. The number of anilines is 1. The molecule has 0 heterocycles. The summed E-state index contributed by atoms with van der Waals surface area (Å²) >= 11 is 0. The van der Waals surface area contributed by atoms with Crippen LogP contribution in [0.15, 0.2) is 77.8 Å². The first-order valence-corrected chi connectivity index (χ1v) is 12.8. The summed E-state index contributed by atoms with van der Waals surface area (Å²) in [4.78, 5) is 32.0. The monoisotopic (exact) mass is 513 g/mol. The van der Waals surface area contributed by atoms with E-state index in [1.54, 1.807) is 4.90 Å². The fourth-order valence-corrected chi connectivity index (χ4v) is 4.55. The fraction of sp³-hybridized carbons (Fsp3) is 0.300. The highest BCUT2D eigenvalue weighted by Crippen LogP contribution is 2.44. The number of rotatable bonds is 9. The molecule has 2 amide bonds. The van der Waals surface area contributed by atoms with E-state index in [1.165, 1.54) is 0 Å². The lowest BCUT2D eigenvalue weighted by Gasteiger charge is -2.20. The van der Waals surface area contributed by atoms with Crippen LogP contribution in [0, 0.1) is 6.92 Å². The molecular weight excluding hydrogens is 478 g/mol. The zero-order valence-electron chi connectivity index (χ0n) is 22.1. The maximum Gasteiger partial charge on any atom is 0.407 e. The third-order valence-corrected chi connectivity index (χ3v) is 6.65. The minimum atomic E-state index is -0.789. The molecule has 3 aromatic carbocycles. The Morgan fingerprint density at radius 2 is 1.58 bits per heavy atom. The second-order valence-corrected chi connectivity index (χ2v) is 9.65. The van der Waals surface area contributed by atoms with Gasteiger partial charge in [0, 0.05) is 32.2 Å². The van der Waals surface area contributed by atoms with Gasteiger partial charge in [-0.1, -0.05) is 66.2 Å². The number of aliphatic imine (C=N–C) groups is 1.